The first-order chi connectivity index (χ1) is 17.9. The highest BCUT2D eigenvalue weighted by molar-refractivity contribution is 6.15. The smallest absolute Gasteiger partial charge is 0.335 e. The van der Waals surface area contributed by atoms with Gasteiger partial charge in [-0.3, -0.25) is 9.13 Å². The second-order valence-corrected chi connectivity index (χ2v) is 8.81. The molecule has 194 valence electrons. The van der Waals surface area contributed by atoms with Crippen LogP contribution in [0.2, 0.25) is 0 Å². The molecule has 3 aromatic rings. The number of benzene rings is 1. The van der Waals surface area contributed by atoms with Gasteiger partial charge in [0.2, 0.25) is 5.88 Å². The molecule has 0 unspecified atom stereocenters. The van der Waals surface area contributed by atoms with Crippen LogP contribution in [0.5, 0.6) is 5.88 Å². The Labute approximate surface area is 213 Å². The minimum atomic E-state index is -0.988. The fraction of sp³-hybridized carbons (Fsp3) is 0.400. The zero-order valence-corrected chi connectivity index (χ0v) is 20.9. The molecule has 0 amide bonds. The number of H-pyrrole nitrogens is 1. The molecule has 3 heterocycles. The van der Waals surface area contributed by atoms with Crippen molar-refractivity contribution in [3.8, 4) is 5.88 Å². The molecule has 1 aliphatic heterocycles. The summed E-state index contributed by atoms with van der Waals surface area (Å²) >= 11 is 0. The summed E-state index contributed by atoms with van der Waals surface area (Å²) in [6.07, 6.45) is 6.30. The van der Waals surface area contributed by atoms with Crippen molar-refractivity contribution in [2.75, 3.05) is 0 Å². The Morgan fingerprint density at radius 3 is 2.49 bits per heavy atom. The van der Waals surface area contributed by atoms with Crippen molar-refractivity contribution in [1.29, 1.82) is 0 Å². The number of aliphatic imine (C=N–C) groups is 2. The van der Waals surface area contributed by atoms with E-state index in [1.165, 1.54) is 9.13 Å². The molecule has 2 aromatic heterocycles. The number of carboxylic acid groups (broad SMARTS) is 1. The molecule has 1 aliphatic rings. The molecule has 0 atom stereocenters. The zero-order chi connectivity index (χ0) is 26.4. The molecule has 0 aliphatic carbocycles. The van der Waals surface area contributed by atoms with Gasteiger partial charge in [-0.25, -0.2) is 19.6 Å². The van der Waals surface area contributed by atoms with Crippen molar-refractivity contribution >= 4 is 23.6 Å². The number of aromatic hydroxyl groups is 1. The SMILES string of the molecule is CCCCC1=NC(=Cc2c(O)n(CCCC)c(=O)n2Cc2nn[nH]n2)C(Cc2ccc(C(=O)O)cc2)=N1. The number of aromatic amines is 1. The summed E-state index contributed by atoms with van der Waals surface area (Å²) in [4.78, 5) is 33.9. The molecule has 12 nitrogen and oxygen atoms in total. The van der Waals surface area contributed by atoms with Crippen LogP contribution in [0.4, 0.5) is 0 Å². The van der Waals surface area contributed by atoms with Crippen LogP contribution in [-0.4, -0.2) is 57.5 Å². The quantitative estimate of drug-likeness (QED) is 0.340. The lowest BCUT2D eigenvalue weighted by atomic mass is 10.0. The number of hydrogen-bond acceptors (Lipinski definition) is 8. The summed E-state index contributed by atoms with van der Waals surface area (Å²) in [5, 5.41) is 34.1. The number of hydrogen-bond donors (Lipinski definition) is 3. The third kappa shape index (κ3) is 5.90. The number of aromatic carboxylic acids is 1. The van der Waals surface area contributed by atoms with Crippen molar-refractivity contribution in [3.63, 3.8) is 0 Å². The van der Waals surface area contributed by atoms with Gasteiger partial charge in [-0.2, -0.15) is 5.21 Å². The summed E-state index contributed by atoms with van der Waals surface area (Å²) < 4.78 is 2.75. The Morgan fingerprint density at radius 2 is 1.84 bits per heavy atom. The molecule has 1 aromatic carbocycles. The number of amidine groups is 1. The lowest BCUT2D eigenvalue weighted by Crippen LogP contribution is -2.25. The first-order valence-corrected chi connectivity index (χ1v) is 12.3. The first kappa shape index (κ1) is 25.7. The van der Waals surface area contributed by atoms with Crippen LogP contribution >= 0.6 is 0 Å². The predicted molar refractivity (Wildman–Crippen MR) is 138 cm³/mol. The van der Waals surface area contributed by atoms with Gasteiger partial charge >= 0.3 is 11.7 Å². The number of carboxylic acids is 1. The summed E-state index contributed by atoms with van der Waals surface area (Å²) in [5.74, 6) is -0.155. The van der Waals surface area contributed by atoms with Crippen LogP contribution in [0.15, 0.2) is 44.7 Å². The maximum Gasteiger partial charge on any atom is 0.335 e. The molecule has 4 rings (SSSR count). The van der Waals surface area contributed by atoms with Crippen LogP contribution in [0.25, 0.3) is 6.08 Å². The monoisotopic (exact) mass is 506 g/mol. The Kier molecular flexibility index (Phi) is 8.06. The van der Waals surface area contributed by atoms with Gasteiger partial charge in [0, 0.05) is 19.4 Å². The first-order valence-electron chi connectivity index (χ1n) is 12.3. The second-order valence-electron chi connectivity index (χ2n) is 8.81. The maximum atomic E-state index is 13.2. The Hall–Kier alpha value is -4.35. The third-order valence-electron chi connectivity index (χ3n) is 6.07. The number of unbranched alkanes of at least 4 members (excludes halogenated alkanes) is 2. The molecule has 0 radical (unpaired) electrons. The van der Waals surface area contributed by atoms with Gasteiger partial charge < -0.3 is 10.2 Å². The number of aromatic nitrogens is 6. The minimum absolute atomic E-state index is 0.0245. The van der Waals surface area contributed by atoms with Gasteiger partial charge in [0.15, 0.2) is 5.82 Å². The van der Waals surface area contributed by atoms with E-state index in [9.17, 15) is 19.8 Å². The van der Waals surface area contributed by atoms with E-state index < -0.39 is 5.97 Å². The summed E-state index contributed by atoms with van der Waals surface area (Å²) in [7, 11) is 0. The Morgan fingerprint density at radius 1 is 1.08 bits per heavy atom. The van der Waals surface area contributed by atoms with E-state index in [4.69, 9.17) is 9.98 Å². The molecule has 3 N–H and O–H groups in total. The molecule has 12 heteroatoms. The molecular weight excluding hydrogens is 476 g/mol. The third-order valence-corrected chi connectivity index (χ3v) is 6.07. The highest BCUT2D eigenvalue weighted by Gasteiger charge is 2.23. The van der Waals surface area contributed by atoms with Gasteiger partial charge in [0.25, 0.3) is 0 Å². The molecule has 0 spiro atoms. The topological polar surface area (TPSA) is 164 Å². The van der Waals surface area contributed by atoms with Crippen LogP contribution in [0.1, 0.15) is 73.4 Å². The van der Waals surface area contributed by atoms with Gasteiger partial charge in [-0.15, -0.1) is 10.2 Å². The molecule has 37 heavy (non-hydrogen) atoms. The highest BCUT2D eigenvalue weighted by Crippen LogP contribution is 2.25. The number of imidazole rings is 1. The number of allylic oxidation sites excluding steroid dienone is 1. The Bertz CT molecular complexity index is 1400. The van der Waals surface area contributed by atoms with Crippen molar-refractivity contribution in [3.05, 3.63) is 63.1 Å². The van der Waals surface area contributed by atoms with E-state index in [1.807, 2.05) is 6.92 Å². The van der Waals surface area contributed by atoms with Crippen LogP contribution in [0.3, 0.4) is 0 Å². The number of carbonyl (C=O) groups is 1. The van der Waals surface area contributed by atoms with Crippen molar-refractivity contribution < 1.29 is 15.0 Å². The molecular formula is C25H30N8O4. The number of nitrogens with zero attached hydrogens (tertiary/aromatic N) is 7. The zero-order valence-electron chi connectivity index (χ0n) is 20.9. The fourth-order valence-electron chi connectivity index (χ4n) is 4.02. The number of nitrogens with one attached hydrogen (secondary N) is 1. The van der Waals surface area contributed by atoms with E-state index in [2.05, 4.69) is 27.5 Å². The lowest BCUT2D eigenvalue weighted by Gasteiger charge is -2.05. The summed E-state index contributed by atoms with van der Waals surface area (Å²) in [6.45, 7) is 4.50. The Balaban J connectivity index is 1.74. The minimum Gasteiger partial charge on any atom is -0.493 e. The molecule has 0 fully saturated rings. The van der Waals surface area contributed by atoms with Crippen molar-refractivity contribution in [2.45, 2.75) is 65.5 Å². The largest absolute Gasteiger partial charge is 0.493 e. The second kappa shape index (κ2) is 11.6. The van der Waals surface area contributed by atoms with E-state index in [-0.39, 0.29) is 29.4 Å². The average Bonchev–Trinajstić information content (AvgIpc) is 3.59. The predicted octanol–water partition coefficient (Wildman–Crippen LogP) is 3.04. The fourth-order valence-corrected chi connectivity index (χ4v) is 4.02. The van der Waals surface area contributed by atoms with Crippen molar-refractivity contribution in [1.82, 2.24) is 29.8 Å². The number of tetrazole rings is 1. The maximum absolute atomic E-state index is 13.2. The highest BCUT2D eigenvalue weighted by atomic mass is 16.4. The van der Waals surface area contributed by atoms with Gasteiger partial charge in [0.05, 0.1) is 23.5 Å². The van der Waals surface area contributed by atoms with E-state index >= 15 is 0 Å². The van der Waals surface area contributed by atoms with Gasteiger partial charge in [-0.05, 0) is 36.6 Å². The molecule has 0 saturated carbocycles. The van der Waals surface area contributed by atoms with E-state index in [0.29, 0.717) is 42.5 Å². The number of rotatable bonds is 12. The van der Waals surface area contributed by atoms with Crippen LogP contribution < -0.4 is 5.69 Å². The normalized spacial score (nSPS) is 14.3. The van der Waals surface area contributed by atoms with E-state index in [0.717, 1.165) is 31.2 Å². The van der Waals surface area contributed by atoms with Crippen LogP contribution in [0, 0.1) is 0 Å². The summed E-state index contributed by atoms with van der Waals surface area (Å²) in [6, 6.07) is 6.60. The summed E-state index contributed by atoms with van der Waals surface area (Å²) in [5.41, 5.74) is 2.20. The average molecular weight is 507 g/mol. The standard InChI is InChI=1S/C25H30N8O4/c1-3-5-7-21-26-18(13-16-8-10-17(11-9-16)24(35)36)19(27-21)14-20-23(34)32(12-6-4-2)25(37)33(20)15-22-28-30-31-29-22/h8-11,14,34H,3-7,12-13,15H2,1-2H3,(H,35,36)(H,28,29,30,31). The van der Waals surface area contributed by atoms with Crippen molar-refractivity contribution in [2.24, 2.45) is 9.98 Å². The van der Waals surface area contributed by atoms with Gasteiger partial charge in [-0.1, -0.05) is 44.0 Å². The molecule has 0 saturated heterocycles. The van der Waals surface area contributed by atoms with Gasteiger partial charge in [0.1, 0.15) is 11.5 Å². The lowest BCUT2D eigenvalue weighted by molar-refractivity contribution is 0.0697. The molecule has 0 bridgehead atoms. The van der Waals surface area contributed by atoms with Crippen LogP contribution in [-0.2, 0) is 19.5 Å². The van der Waals surface area contributed by atoms with E-state index in [1.54, 1.807) is 30.3 Å².